The number of benzene rings is 1. The standard InChI is InChI=1S/C12H12ClN3O2S/c1-6-2-5-9(18-6)12(17)14-10-7(13)3-4-8-11(10)16-19-15-8/h3-4,6,9H,2,5H2,1H3,(H,14,17)/t6-,9+/m0/s1. The highest BCUT2D eigenvalue weighted by molar-refractivity contribution is 7.00. The molecule has 1 aromatic carbocycles. The minimum Gasteiger partial charge on any atom is -0.365 e. The number of anilines is 1. The molecule has 1 fully saturated rings. The van der Waals surface area contributed by atoms with Crippen LogP contribution in [-0.2, 0) is 9.53 Å². The molecule has 1 aliphatic rings. The molecule has 7 heteroatoms. The van der Waals surface area contributed by atoms with Gasteiger partial charge in [0.15, 0.2) is 0 Å². The van der Waals surface area contributed by atoms with E-state index in [1.165, 1.54) is 0 Å². The Balaban J connectivity index is 1.86. The van der Waals surface area contributed by atoms with Gasteiger partial charge in [0.25, 0.3) is 5.91 Å². The number of nitrogens with zero attached hydrogens (tertiary/aromatic N) is 2. The molecule has 0 bridgehead atoms. The van der Waals surface area contributed by atoms with Gasteiger partial charge in [-0.2, -0.15) is 8.75 Å². The van der Waals surface area contributed by atoms with E-state index < -0.39 is 6.10 Å². The van der Waals surface area contributed by atoms with Gasteiger partial charge in [-0.3, -0.25) is 4.79 Å². The first-order chi connectivity index (χ1) is 9.15. The number of nitrogens with one attached hydrogen (secondary N) is 1. The molecule has 1 saturated heterocycles. The highest BCUT2D eigenvalue weighted by Gasteiger charge is 2.29. The molecule has 2 atom stereocenters. The summed E-state index contributed by atoms with van der Waals surface area (Å²) in [6.07, 6.45) is 1.35. The Morgan fingerprint density at radius 1 is 1.47 bits per heavy atom. The summed E-state index contributed by atoms with van der Waals surface area (Å²) in [6.45, 7) is 1.96. The van der Waals surface area contributed by atoms with Crippen LogP contribution in [0.2, 0.25) is 5.02 Å². The fourth-order valence-electron chi connectivity index (χ4n) is 2.14. The van der Waals surface area contributed by atoms with Gasteiger partial charge in [0.05, 0.1) is 28.5 Å². The predicted octanol–water partition coefficient (Wildman–Crippen LogP) is 2.85. The first kappa shape index (κ1) is 12.8. The quantitative estimate of drug-likeness (QED) is 0.926. The monoisotopic (exact) mass is 297 g/mol. The fraction of sp³-hybridized carbons (Fsp3) is 0.417. The Labute approximate surface area is 119 Å². The molecule has 2 heterocycles. The molecule has 1 N–H and O–H groups in total. The number of rotatable bonds is 2. The van der Waals surface area contributed by atoms with Crippen molar-refractivity contribution in [3.05, 3.63) is 17.2 Å². The van der Waals surface area contributed by atoms with Gasteiger partial charge in [-0.05, 0) is 31.9 Å². The van der Waals surface area contributed by atoms with Gasteiger partial charge in [-0.25, -0.2) is 0 Å². The molecule has 0 aliphatic carbocycles. The van der Waals surface area contributed by atoms with Gasteiger partial charge >= 0.3 is 0 Å². The van der Waals surface area contributed by atoms with Gasteiger partial charge in [-0.15, -0.1) is 0 Å². The third-order valence-electron chi connectivity index (χ3n) is 3.15. The van der Waals surface area contributed by atoms with Gasteiger partial charge in [0, 0.05) is 0 Å². The van der Waals surface area contributed by atoms with Crippen molar-refractivity contribution < 1.29 is 9.53 Å². The Morgan fingerprint density at radius 2 is 2.32 bits per heavy atom. The van der Waals surface area contributed by atoms with E-state index in [4.69, 9.17) is 16.3 Å². The van der Waals surface area contributed by atoms with Crippen molar-refractivity contribution in [1.82, 2.24) is 8.75 Å². The third-order valence-corrected chi connectivity index (χ3v) is 4.01. The number of ether oxygens (including phenoxy) is 1. The van der Waals surface area contributed by atoms with E-state index in [0.29, 0.717) is 16.2 Å². The summed E-state index contributed by atoms with van der Waals surface area (Å²) in [7, 11) is 0. The first-order valence-electron chi connectivity index (χ1n) is 6.02. The maximum Gasteiger partial charge on any atom is 0.253 e. The van der Waals surface area contributed by atoms with Crippen LogP contribution in [-0.4, -0.2) is 26.9 Å². The molecule has 0 saturated carbocycles. The molecule has 0 radical (unpaired) electrons. The lowest BCUT2D eigenvalue weighted by Crippen LogP contribution is -2.27. The molecule has 0 unspecified atom stereocenters. The van der Waals surface area contributed by atoms with Crippen molar-refractivity contribution in [3.63, 3.8) is 0 Å². The molecule has 100 valence electrons. The Hall–Kier alpha value is -1.24. The van der Waals surface area contributed by atoms with Crippen LogP contribution in [0.3, 0.4) is 0 Å². The second-order valence-electron chi connectivity index (χ2n) is 4.56. The highest BCUT2D eigenvalue weighted by atomic mass is 35.5. The van der Waals surface area contributed by atoms with E-state index in [2.05, 4.69) is 14.1 Å². The van der Waals surface area contributed by atoms with Crippen molar-refractivity contribution >= 4 is 46.0 Å². The lowest BCUT2D eigenvalue weighted by Gasteiger charge is -2.12. The predicted molar refractivity (Wildman–Crippen MR) is 74.6 cm³/mol. The normalized spacial score (nSPS) is 22.8. The van der Waals surface area contributed by atoms with Crippen LogP contribution in [0.4, 0.5) is 5.69 Å². The van der Waals surface area contributed by atoms with Gasteiger partial charge in [-0.1, -0.05) is 11.6 Å². The van der Waals surface area contributed by atoms with Crippen LogP contribution in [0.1, 0.15) is 19.8 Å². The zero-order chi connectivity index (χ0) is 13.4. The molecule has 2 aromatic rings. The van der Waals surface area contributed by atoms with E-state index >= 15 is 0 Å². The zero-order valence-corrected chi connectivity index (χ0v) is 11.8. The Kier molecular flexibility index (Phi) is 3.38. The number of hydrogen-bond donors (Lipinski definition) is 1. The summed E-state index contributed by atoms with van der Waals surface area (Å²) in [4.78, 5) is 12.1. The fourth-order valence-corrected chi connectivity index (χ4v) is 2.89. The van der Waals surface area contributed by atoms with Crippen LogP contribution >= 0.6 is 23.3 Å². The molecule has 19 heavy (non-hydrogen) atoms. The van der Waals surface area contributed by atoms with Crippen molar-refractivity contribution in [2.45, 2.75) is 32.0 Å². The van der Waals surface area contributed by atoms with Crippen molar-refractivity contribution in [3.8, 4) is 0 Å². The Bertz CT molecular complexity index is 630. The molecule has 3 rings (SSSR count). The molecule has 1 aromatic heterocycles. The smallest absolute Gasteiger partial charge is 0.253 e. The number of aromatic nitrogens is 2. The lowest BCUT2D eigenvalue weighted by atomic mass is 10.2. The Morgan fingerprint density at radius 3 is 3.05 bits per heavy atom. The number of amides is 1. The van der Waals surface area contributed by atoms with Crippen molar-refractivity contribution in [2.75, 3.05) is 5.32 Å². The first-order valence-corrected chi connectivity index (χ1v) is 7.13. The number of hydrogen-bond acceptors (Lipinski definition) is 5. The van der Waals surface area contributed by atoms with Crippen LogP contribution in [0, 0.1) is 0 Å². The minimum absolute atomic E-state index is 0.128. The summed E-state index contributed by atoms with van der Waals surface area (Å²) in [5.74, 6) is -0.174. The van der Waals surface area contributed by atoms with Crippen LogP contribution in [0.15, 0.2) is 12.1 Å². The summed E-state index contributed by atoms with van der Waals surface area (Å²) >= 11 is 7.22. The molecular weight excluding hydrogens is 286 g/mol. The number of fused-ring (bicyclic) bond motifs is 1. The number of halogens is 1. The molecule has 0 spiro atoms. The zero-order valence-electron chi connectivity index (χ0n) is 10.2. The van der Waals surface area contributed by atoms with Crippen LogP contribution < -0.4 is 5.32 Å². The van der Waals surface area contributed by atoms with Crippen molar-refractivity contribution in [2.24, 2.45) is 0 Å². The van der Waals surface area contributed by atoms with Crippen LogP contribution in [0.5, 0.6) is 0 Å². The largest absolute Gasteiger partial charge is 0.365 e. The van der Waals surface area contributed by atoms with Crippen LogP contribution in [0.25, 0.3) is 11.0 Å². The lowest BCUT2D eigenvalue weighted by molar-refractivity contribution is -0.126. The summed E-state index contributed by atoms with van der Waals surface area (Å²) in [6, 6.07) is 3.49. The average molecular weight is 298 g/mol. The van der Waals surface area contributed by atoms with E-state index in [0.717, 1.165) is 30.1 Å². The van der Waals surface area contributed by atoms with Crippen molar-refractivity contribution in [1.29, 1.82) is 0 Å². The highest BCUT2D eigenvalue weighted by Crippen LogP contribution is 2.31. The average Bonchev–Trinajstić information content (AvgIpc) is 3.01. The third kappa shape index (κ3) is 2.43. The van der Waals surface area contributed by atoms with E-state index in [9.17, 15) is 4.79 Å². The summed E-state index contributed by atoms with van der Waals surface area (Å²) in [5, 5.41) is 3.27. The number of carbonyl (C=O) groups excluding carboxylic acids is 1. The molecule has 1 aliphatic heterocycles. The maximum atomic E-state index is 12.1. The molecular formula is C12H12ClN3O2S. The van der Waals surface area contributed by atoms with Gasteiger partial charge in [0.1, 0.15) is 17.1 Å². The van der Waals surface area contributed by atoms with Gasteiger partial charge in [0.2, 0.25) is 0 Å². The van der Waals surface area contributed by atoms with E-state index in [1.54, 1.807) is 12.1 Å². The van der Waals surface area contributed by atoms with E-state index in [-0.39, 0.29) is 12.0 Å². The molecule has 1 amide bonds. The van der Waals surface area contributed by atoms with Gasteiger partial charge < -0.3 is 10.1 Å². The summed E-state index contributed by atoms with van der Waals surface area (Å²) < 4.78 is 13.8. The second kappa shape index (κ2) is 5.03. The topological polar surface area (TPSA) is 64.1 Å². The molecule has 5 nitrogen and oxygen atoms in total. The SMILES string of the molecule is C[C@H]1CC[C@H](C(=O)Nc2c(Cl)ccc3nsnc23)O1. The van der Waals surface area contributed by atoms with E-state index in [1.807, 2.05) is 6.92 Å². The number of carbonyl (C=O) groups is 1. The minimum atomic E-state index is -0.409. The maximum absolute atomic E-state index is 12.1. The second-order valence-corrected chi connectivity index (χ2v) is 5.49. The summed E-state index contributed by atoms with van der Waals surface area (Å²) in [5.41, 5.74) is 1.86.